The molecule has 4 atom stereocenters. The monoisotopic (exact) mass is 461 g/mol. The minimum atomic E-state index is -1.10. The van der Waals surface area contributed by atoms with Crippen molar-refractivity contribution in [2.24, 2.45) is 11.8 Å². The van der Waals surface area contributed by atoms with Gasteiger partial charge in [0.15, 0.2) is 0 Å². The van der Waals surface area contributed by atoms with Crippen LogP contribution < -0.4 is 5.32 Å². The van der Waals surface area contributed by atoms with Crippen LogP contribution in [0.4, 0.5) is 0 Å². The van der Waals surface area contributed by atoms with Gasteiger partial charge in [-0.3, -0.25) is 9.59 Å². The van der Waals surface area contributed by atoms with E-state index in [4.69, 9.17) is 23.2 Å². The molecular formula is C24H25Cl2NO4. The maximum atomic E-state index is 12.7. The van der Waals surface area contributed by atoms with Crippen molar-refractivity contribution < 1.29 is 19.8 Å². The normalized spacial score (nSPS) is 25.5. The highest BCUT2D eigenvalue weighted by Gasteiger charge is 2.49. The summed E-state index contributed by atoms with van der Waals surface area (Å²) in [5.74, 6) is -1.94. The highest BCUT2D eigenvalue weighted by atomic mass is 35.5. The summed E-state index contributed by atoms with van der Waals surface area (Å²) in [5, 5.41) is 25.2. The molecule has 3 N–H and O–H groups in total. The first kappa shape index (κ1) is 22.1. The van der Waals surface area contributed by atoms with Crippen LogP contribution in [-0.2, 0) is 15.2 Å². The molecule has 0 radical (unpaired) electrons. The maximum absolute atomic E-state index is 12.7. The number of halogens is 2. The molecule has 1 amide bonds. The topological polar surface area (TPSA) is 86.6 Å². The smallest absolute Gasteiger partial charge is 0.304 e. The van der Waals surface area contributed by atoms with Crippen LogP contribution in [0, 0.1) is 11.8 Å². The van der Waals surface area contributed by atoms with Crippen molar-refractivity contribution >= 4 is 35.1 Å². The summed E-state index contributed by atoms with van der Waals surface area (Å²) in [7, 11) is 0. The van der Waals surface area contributed by atoms with Gasteiger partial charge in [0.25, 0.3) is 0 Å². The van der Waals surface area contributed by atoms with Crippen molar-refractivity contribution in [2.45, 2.75) is 49.7 Å². The Morgan fingerprint density at radius 3 is 2.42 bits per heavy atom. The average molecular weight is 462 g/mol. The Morgan fingerprint density at radius 2 is 1.81 bits per heavy atom. The number of rotatable bonds is 7. The third-order valence-electron chi connectivity index (χ3n) is 6.55. The largest absolute Gasteiger partial charge is 0.481 e. The van der Waals surface area contributed by atoms with Crippen LogP contribution in [0.15, 0.2) is 48.5 Å². The predicted octanol–water partition coefficient (Wildman–Crippen LogP) is 4.74. The zero-order chi connectivity index (χ0) is 22.2. The van der Waals surface area contributed by atoms with E-state index in [9.17, 15) is 19.8 Å². The van der Waals surface area contributed by atoms with Crippen molar-refractivity contribution in [1.82, 2.24) is 5.32 Å². The second-order valence-electron chi connectivity index (χ2n) is 8.72. The SMILES string of the molecule is O=C(O)C[C@H]1C[C@H](c2cccc(Cl)c2)[C@H](C[C@@](O)(c2ccc(Cl)cc2)C2CC2)NC1=O. The molecule has 4 rings (SSSR count). The summed E-state index contributed by atoms with van der Waals surface area (Å²) in [6, 6.07) is 14.3. The summed E-state index contributed by atoms with van der Waals surface area (Å²) in [6.45, 7) is 0. The third kappa shape index (κ3) is 4.89. The molecular weight excluding hydrogens is 437 g/mol. The molecule has 5 nitrogen and oxygen atoms in total. The Morgan fingerprint density at radius 1 is 1.10 bits per heavy atom. The second-order valence-corrected chi connectivity index (χ2v) is 9.59. The first-order chi connectivity index (χ1) is 14.8. The van der Waals surface area contributed by atoms with E-state index in [2.05, 4.69) is 5.32 Å². The second kappa shape index (κ2) is 8.81. The number of carbonyl (C=O) groups is 2. The van der Waals surface area contributed by atoms with Crippen LogP contribution in [0.1, 0.15) is 49.1 Å². The minimum Gasteiger partial charge on any atom is -0.481 e. The lowest BCUT2D eigenvalue weighted by Gasteiger charge is -2.41. The molecule has 0 spiro atoms. The molecule has 0 unspecified atom stereocenters. The molecule has 2 aromatic carbocycles. The van der Waals surface area contributed by atoms with Crippen molar-refractivity contribution in [1.29, 1.82) is 0 Å². The molecule has 1 heterocycles. The number of benzene rings is 2. The van der Waals surface area contributed by atoms with Crippen LogP contribution in [0.2, 0.25) is 10.0 Å². The number of carboxylic acid groups (broad SMARTS) is 1. The van der Waals surface area contributed by atoms with E-state index in [1.165, 1.54) is 0 Å². The summed E-state index contributed by atoms with van der Waals surface area (Å²) < 4.78 is 0. The summed E-state index contributed by atoms with van der Waals surface area (Å²) in [4.78, 5) is 24.0. The van der Waals surface area contributed by atoms with Gasteiger partial charge in [-0.15, -0.1) is 0 Å². The summed E-state index contributed by atoms with van der Waals surface area (Å²) >= 11 is 12.3. The first-order valence-corrected chi connectivity index (χ1v) is 11.3. The third-order valence-corrected chi connectivity index (χ3v) is 7.04. The zero-order valence-corrected chi connectivity index (χ0v) is 18.4. The number of amides is 1. The Bertz CT molecular complexity index is 976. The minimum absolute atomic E-state index is 0.113. The van der Waals surface area contributed by atoms with Gasteiger partial charge in [-0.1, -0.05) is 47.5 Å². The average Bonchev–Trinajstić information content (AvgIpc) is 3.56. The number of hydrogen-bond acceptors (Lipinski definition) is 3. The lowest BCUT2D eigenvalue weighted by Crippen LogP contribution is -2.52. The molecule has 31 heavy (non-hydrogen) atoms. The predicted molar refractivity (Wildman–Crippen MR) is 119 cm³/mol. The highest BCUT2D eigenvalue weighted by Crippen LogP contribution is 2.50. The van der Waals surface area contributed by atoms with Crippen molar-refractivity contribution in [2.75, 3.05) is 0 Å². The van der Waals surface area contributed by atoms with E-state index in [1.807, 2.05) is 30.3 Å². The van der Waals surface area contributed by atoms with E-state index < -0.39 is 17.5 Å². The van der Waals surface area contributed by atoms with Crippen LogP contribution in [-0.4, -0.2) is 28.1 Å². The zero-order valence-electron chi connectivity index (χ0n) is 16.9. The number of aliphatic hydroxyl groups is 1. The van der Waals surface area contributed by atoms with Gasteiger partial charge in [0.05, 0.1) is 12.0 Å². The number of nitrogens with one attached hydrogen (secondary N) is 1. The molecule has 1 aliphatic heterocycles. The molecule has 1 saturated carbocycles. The Hall–Kier alpha value is -2.08. The van der Waals surface area contributed by atoms with E-state index in [0.29, 0.717) is 22.9 Å². The van der Waals surface area contributed by atoms with E-state index in [-0.39, 0.29) is 30.2 Å². The molecule has 164 valence electrons. The number of piperidine rings is 1. The van der Waals surface area contributed by atoms with Gasteiger partial charge in [-0.25, -0.2) is 0 Å². The van der Waals surface area contributed by atoms with Gasteiger partial charge < -0.3 is 15.5 Å². The lowest BCUT2D eigenvalue weighted by atomic mass is 9.72. The van der Waals surface area contributed by atoms with Crippen molar-refractivity contribution in [3.8, 4) is 0 Å². The van der Waals surface area contributed by atoms with E-state index >= 15 is 0 Å². The van der Waals surface area contributed by atoms with Crippen LogP contribution in [0.5, 0.6) is 0 Å². The molecule has 0 bridgehead atoms. The van der Waals surface area contributed by atoms with Crippen molar-refractivity contribution in [3.05, 3.63) is 69.7 Å². The van der Waals surface area contributed by atoms with E-state index in [0.717, 1.165) is 24.0 Å². The Balaban J connectivity index is 1.67. The van der Waals surface area contributed by atoms with E-state index in [1.54, 1.807) is 18.2 Å². The van der Waals surface area contributed by atoms with Crippen LogP contribution in [0.3, 0.4) is 0 Å². The van der Waals surface area contributed by atoms with Gasteiger partial charge in [-0.05, 0) is 60.6 Å². The van der Waals surface area contributed by atoms with Crippen LogP contribution >= 0.6 is 23.2 Å². The molecule has 7 heteroatoms. The van der Waals surface area contributed by atoms with Gasteiger partial charge in [0.2, 0.25) is 5.91 Å². The number of hydrogen-bond donors (Lipinski definition) is 3. The number of aliphatic carboxylic acids is 1. The summed E-state index contributed by atoms with van der Waals surface area (Å²) in [5.41, 5.74) is 0.618. The highest BCUT2D eigenvalue weighted by molar-refractivity contribution is 6.30. The fraction of sp³-hybridized carbons (Fsp3) is 0.417. The molecule has 2 aliphatic rings. The standard InChI is InChI=1S/C24H25Cl2NO4/c25-18-8-6-17(7-9-18)24(31,16-4-5-16)13-21-20(14-2-1-3-19(26)10-14)11-15(12-22(28)29)23(30)27-21/h1-3,6-10,15-16,20-21,31H,4-5,11-13H2,(H,27,30)(H,28,29)/t15-,20-,21+,24+/m1/s1. The fourth-order valence-corrected chi connectivity index (χ4v) is 5.14. The molecule has 1 aliphatic carbocycles. The number of carbonyl (C=O) groups excluding carboxylic acids is 1. The maximum Gasteiger partial charge on any atom is 0.304 e. The molecule has 2 aromatic rings. The quantitative estimate of drug-likeness (QED) is 0.555. The summed E-state index contributed by atoms with van der Waals surface area (Å²) in [6.07, 6.45) is 2.35. The van der Waals surface area contributed by atoms with Crippen molar-refractivity contribution in [3.63, 3.8) is 0 Å². The van der Waals surface area contributed by atoms with Gasteiger partial charge in [0, 0.05) is 34.3 Å². The van der Waals surface area contributed by atoms with Gasteiger partial charge in [-0.2, -0.15) is 0 Å². The molecule has 0 aromatic heterocycles. The van der Waals surface area contributed by atoms with Crippen LogP contribution in [0.25, 0.3) is 0 Å². The Labute approximate surface area is 191 Å². The van der Waals surface area contributed by atoms with Gasteiger partial charge in [0.1, 0.15) is 0 Å². The first-order valence-electron chi connectivity index (χ1n) is 10.5. The lowest BCUT2D eigenvalue weighted by molar-refractivity contribution is -0.142. The number of carboxylic acids is 1. The molecule has 1 saturated heterocycles. The Kier molecular flexibility index (Phi) is 6.29. The fourth-order valence-electron chi connectivity index (χ4n) is 4.82. The molecule has 2 fully saturated rings. The van der Waals surface area contributed by atoms with Gasteiger partial charge >= 0.3 is 5.97 Å².